The predicted octanol–water partition coefficient (Wildman–Crippen LogP) is 2.19. The van der Waals surface area contributed by atoms with Gasteiger partial charge in [-0.1, -0.05) is 26.3 Å². The average molecular weight is 271 g/mol. The van der Waals surface area contributed by atoms with E-state index in [1.165, 1.54) is 6.07 Å². The van der Waals surface area contributed by atoms with Crippen molar-refractivity contribution in [1.82, 2.24) is 5.32 Å². The molecule has 0 spiro atoms. The number of carboxylic acid groups (broad SMARTS) is 1. The normalized spacial score (nSPS) is 13.7. The number of hydrogen-bond donors (Lipinski definition) is 2. The highest BCUT2D eigenvalue weighted by Gasteiger charge is 2.27. The molecule has 0 unspecified atom stereocenters. The fraction of sp³-hybridized carbons (Fsp3) is 0.385. The molecule has 19 heavy (non-hydrogen) atoms. The summed E-state index contributed by atoms with van der Waals surface area (Å²) in [5.41, 5.74) is -0.505. The molecule has 0 radical (unpaired) electrons. The zero-order valence-electron chi connectivity index (χ0n) is 10.6. The summed E-state index contributed by atoms with van der Waals surface area (Å²) >= 11 is 0. The molecule has 0 aliphatic heterocycles. The van der Waals surface area contributed by atoms with Crippen LogP contribution in [0.25, 0.3) is 0 Å². The van der Waals surface area contributed by atoms with Crippen molar-refractivity contribution in [3.63, 3.8) is 0 Å². The average Bonchev–Trinajstić information content (AvgIpc) is 2.37. The molecule has 6 heteroatoms. The monoisotopic (exact) mass is 271 g/mol. The van der Waals surface area contributed by atoms with Gasteiger partial charge in [-0.25, -0.2) is 13.6 Å². The lowest BCUT2D eigenvalue weighted by atomic mass is 9.99. The smallest absolute Gasteiger partial charge is 0.326 e. The molecule has 104 valence electrons. The Labute approximate surface area is 109 Å². The van der Waals surface area contributed by atoms with Crippen LogP contribution < -0.4 is 5.32 Å². The van der Waals surface area contributed by atoms with Gasteiger partial charge in [-0.15, -0.1) is 0 Å². The second kappa shape index (κ2) is 6.26. The van der Waals surface area contributed by atoms with Gasteiger partial charge in [0, 0.05) is 0 Å². The summed E-state index contributed by atoms with van der Waals surface area (Å²) in [6, 6.07) is 2.03. The largest absolute Gasteiger partial charge is 0.480 e. The number of rotatable bonds is 5. The zero-order valence-corrected chi connectivity index (χ0v) is 10.6. The van der Waals surface area contributed by atoms with E-state index in [0.29, 0.717) is 6.42 Å². The van der Waals surface area contributed by atoms with Crippen LogP contribution in [-0.2, 0) is 4.79 Å². The van der Waals surface area contributed by atoms with Crippen LogP contribution in [0.2, 0.25) is 0 Å². The third kappa shape index (κ3) is 3.49. The first kappa shape index (κ1) is 15.1. The maximum Gasteiger partial charge on any atom is 0.326 e. The number of carboxylic acids is 1. The van der Waals surface area contributed by atoms with Crippen LogP contribution in [0.4, 0.5) is 8.78 Å². The minimum atomic E-state index is -1.28. The molecular weight excluding hydrogens is 256 g/mol. The second-order valence-electron chi connectivity index (χ2n) is 4.28. The first-order chi connectivity index (χ1) is 8.88. The summed E-state index contributed by atoms with van der Waals surface area (Å²) in [6.45, 7) is 3.43. The van der Waals surface area contributed by atoms with Crippen LogP contribution in [0.1, 0.15) is 30.6 Å². The molecule has 1 aromatic carbocycles. The molecule has 0 aliphatic carbocycles. The van der Waals surface area contributed by atoms with Gasteiger partial charge >= 0.3 is 5.97 Å². The highest BCUT2D eigenvalue weighted by atomic mass is 19.2. The van der Waals surface area contributed by atoms with Gasteiger partial charge in [0.15, 0.2) is 11.6 Å². The Morgan fingerprint density at radius 3 is 2.53 bits per heavy atom. The van der Waals surface area contributed by atoms with E-state index in [4.69, 9.17) is 5.11 Å². The van der Waals surface area contributed by atoms with Crippen molar-refractivity contribution in [1.29, 1.82) is 0 Å². The number of aliphatic carboxylic acids is 1. The summed E-state index contributed by atoms with van der Waals surface area (Å²) in [5, 5.41) is 11.2. The van der Waals surface area contributed by atoms with Crippen molar-refractivity contribution in [2.24, 2.45) is 5.92 Å². The van der Waals surface area contributed by atoms with Gasteiger partial charge in [-0.3, -0.25) is 4.79 Å². The number of carbonyl (C=O) groups excluding carboxylic acids is 1. The lowest BCUT2D eigenvalue weighted by molar-refractivity contribution is -0.140. The summed E-state index contributed by atoms with van der Waals surface area (Å²) in [5.74, 6) is -4.90. The Kier molecular flexibility index (Phi) is 4.97. The van der Waals surface area contributed by atoms with Gasteiger partial charge < -0.3 is 10.4 Å². The standard InChI is InChI=1S/C13H15F2NO3/c1-3-7(2)11(13(18)19)16-12(17)8-5-4-6-9(14)10(8)15/h4-7,11H,3H2,1-2H3,(H,16,17)(H,18,19)/t7-,11-/m0/s1. The SMILES string of the molecule is CC[C@H](C)[C@H](NC(=O)c1cccc(F)c1F)C(=O)O. The maximum absolute atomic E-state index is 13.4. The summed E-state index contributed by atoms with van der Waals surface area (Å²) in [7, 11) is 0. The van der Waals surface area contributed by atoms with E-state index in [0.717, 1.165) is 12.1 Å². The molecule has 0 saturated heterocycles. The Balaban J connectivity index is 2.94. The van der Waals surface area contributed by atoms with Crippen molar-refractivity contribution in [3.05, 3.63) is 35.4 Å². The number of amides is 1. The molecule has 0 bridgehead atoms. The molecule has 0 fully saturated rings. The van der Waals surface area contributed by atoms with Gasteiger partial charge in [0.05, 0.1) is 5.56 Å². The zero-order chi connectivity index (χ0) is 14.6. The van der Waals surface area contributed by atoms with Crippen molar-refractivity contribution < 1.29 is 23.5 Å². The Morgan fingerprint density at radius 2 is 2.00 bits per heavy atom. The highest BCUT2D eigenvalue weighted by Crippen LogP contribution is 2.13. The van der Waals surface area contributed by atoms with Crippen molar-refractivity contribution >= 4 is 11.9 Å². The van der Waals surface area contributed by atoms with Gasteiger partial charge in [-0.2, -0.15) is 0 Å². The van der Waals surface area contributed by atoms with Gasteiger partial charge in [0.1, 0.15) is 6.04 Å². The van der Waals surface area contributed by atoms with E-state index in [1.54, 1.807) is 13.8 Å². The first-order valence-corrected chi connectivity index (χ1v) is 5.86. The minimum absolute atomic E-state index is 0.321. The van der Waals surface area contributed by atoms with E-state index in [-0.39, 0.29) is 5.92 Å². The van der Waals surface area contributed by atoms with E-state index in [9.17, 15) is 18.4 Å². The van der Waals surface area contributed by atoms with E-state index in [1.807, 2.05) is 0 Å². The van der Waals surface area contributed by atoms with Gasteiger partial charge in [0.2, 0.25) is 0 Å². The fourth-order valence-corrected chi connectivity index (χ4v) is 1.58. The van der Waals surface area contributed by atoms with Crippen LogP contribution in [-0.4, -0.2) is 23.0 Å². The quantitative estimate of drug-likeness (QED) is 0.862. The van der Waals surface area contributed by atoms with Crippen LogP contribution >= 0.6 is 0 Å². The molecule has 2 N–H and O–H groups in total. The van der Waals surface area contributed by atoms with Gasteiger partial charge in [0.25, 0.3) is 5.91 Å². The summed E-state index contributed by atoms with van der Waals surface area (Å²) < 4.78 is 26.4. The number of benzene rings is 1. The van der Waals surface area contributed by atoms with Crippen LogP contribution in [0, 0.1) is 17.6 Å². The molecule has 2 atom stereocenters. The molecule has 4 nitrogen and oxygen atoms in total. The van der Waals surface area contributed by atoms with Crippen molar-refractivity contribution in [2.45, 2.75) is 26.3 Å². The van der Waals surface area contributed by atoms with Crippen molar-refractivity contribution in [3.8, 4) is 0 Å². The third-order valence-electron chi connectivity index (χ3n) is 2.96. The lowest BCUT2D eigenvalue weighted by Gasteiger charge is -2.20. The molecule has 0 aromatic heterocycles. The summed E-state index contributed by atoms with van der Waals surface area (Å²) in [4.78, 5) is 22.8. The summed E-state index contributed by atoms with van der Waals surface area (Å²) in [6.07, 6.45) is 0.531. The number of carbonyl (C=O) groups is 2. The number of nitrogens with one attached hydrogen (secondary N) is 1. The molecule has 0 aliphatic rings. The minimum Gasteiger partial charge on any atom is -0.480 e. The van der Waals surface area contributed by atoms with E-state index in [2.05, 4.69) is 5.32 Å². The molecule has 0 heterocycles. The highest BCUT2D eigenvalue weighted by molar-refractivity contribution is 5.96. The first-order valence-electron chi connectivity index (χ1n) is 5.86. The van der Waals surface area contributed by atoms with Crippen LogP contribution in [0.3, 0.4) is 0 Å². The molecule has 1 rings (SSSR count). The lowest BCUT2D eigenvalue weighted by Crippen LogP contribution is -2.45. The molecule has 1 amide bonds. The third-order valence-corrected chi connectivity index (χ3v) is 2.96. The van der Waals surface area contributed by atoms with E-state index < -0.39 is 35.1 Å². The maximum atomic E-state index is 13.4. The van der Waals surface area contributed by atoms with Crippen LogP contribution in [0.15, 0.2) is 18.2 Å². The fourth-order valence-electron chi connectivity index (χ4n) is 1.58. The Hall–Kier alpha value is -1.98. The van der Waals surface area contributed by atoms with Gasteiger partial charge in [-0.05, 0) is 18.1 Å². The Morgan fingerprint density at radius 1 is 1.37 bits per heavy atom. The van der Waals surface area contributed by atoms with Crippen molar-refractivity contribution in [2.75, 3.05) is 0 Å². The van der Waals surface area contributed by atoms with E-state index >= 15 is 0 Å². The number of hydrogen-bond acceptors (Lipinski definition) is 2. The second-order valence-corrected chi connectivity index (χ2v) is 4.28. The molecule has 0 saturated carbocycles. The molecular formula is C13H15F2NO3. The molecule has 1 aromatic rings. The van der Waals surface area contributed by atoms with Crippen LogP contribution in [0.5, 0.6) is 0 Å². The number of halogens is 2. The predicted molar refractivity (Wildman–Crippen MR) is 64.7 cm³/mol. The topological polar surface area (TPSA) is 66.4 Å². The Bertz CT molecular complexity index is 491.